The summed E-state index contributed by atoms with van der Waals surface area (Å²) in [7, 11) is 0. The second-order valence-corrected chi connectivity index (χ2v) is 10.2. The van der Waals surface area contributed by atoms with E-state index in [0.29, 0.717) is 5.52 Å². The Labute approximate surface area is 187 Å². The molecule has 1 heterocycles. The number of para-hydroxylation sites is 1. The van der Waals surface area contributed by atoms with Crippen molar-refractivity contribution in [1.29, 1.82) is 0 Å². The van der Waals surface area contributed by atoms with Crippen molar-refractivity contribution in [1.82, 2.24) is 9.97 Å². The Morgan fingerprint density at radius 2 is 1.34 bits per heavy atom. The van der Waals surface area contributed by atoms with E-state index in [9.17, 15) is 14.4 Å². The minimum Gasteiger partial charge on any atom is -0.444 e. The highest BCUT2D eigenvalue weighted by atomic mass is 16.6. The number of nitrogens with zero attached hydrogens (tertiary/aromatic N) is 2. The number of ether oxygens (including phenoxy) is 3. The zero-order valence-corrected chi connectivity index (χ0v) is 20.1. The maximum Gasteiger partial charge on any atom is 0.424 e. The summed E-state index contributed by atoms with van der Waals surface area (Å²) < 4.78 is 16.1. The van der Waals surface area contributed by atoms with Crippen LogP contribution in [0.5, 0.6) is 0 Å². The molecule has 3 amide bonds. The van der Waals surface area contributed by atoms with Gasteiger partial charge in [-0.1, -0.05) is 6.07 Å². The molecule has 10 nitrogen and oxygen atoms in total. The van der Waals surface area contributed by atoms with Crippen LogP contribution in [0.2, 0.25) is 0 Å². The number of H-pyrrole nitrogens is 1. The molecular weight excluding hydrogens is 416 g/mol. The smallest absolute Gasteiger partial charge is 0.424 e. The highest BCUT2D eigenvalue weighted by Crippen LogP contribution is 2.29. The SMILES string of the molecule is CC(C)(C)OC(=O)Nc1nc2c(N(C(=O)OC(C)(C)C)C(=O)OC(C)(C)C)cccc2[nH]1. The minimum absolute atomic E-state index is 0.0926. The van der Waals surface area contributed by atoms with Crippen molar-refractivity contribution in [2.75, 3.05) is 10.2 Å². The third-order valence-corrected chi connectivity index (χ3v) is 3.50. The van der Waals surface area contributed by atoms with Crippen LogP contribution < -0.4 is 10.2 Å². The Balaban J connectivity index is 2.48. The average Bonchev–Trinajstić information content (AvgIpc) is 2.92. The Kier molecular flexibility index (Phi) is 6.77. The number of aromatic nitrogens is 2. The number of imide groups is 1. The Hall–Kier alpha value is -3.30. The van der Waals surface area contributed by atoms with Gasteiger partial charge in [0.1, 0.15) is 22.3 Å². The molecule has 176 valence electrons. The molecule has 10 heteroatoms. The van der Waals surface area contributed by atoms with E-state index in [1.165, 1.54) is 6.07 Å². The van der Waals surface area contributed by atoms with Crippen LogP contribution in [0.4, 0.5) is 26.0 Å². The first-order valence-corrected chi connectivity index (χ1v) is 10.2. The van der Waals surface area contributed by atoms with Crippen LogP contribution >= 0.6 is 0 Å². The number of benzene rings is 1. The summed E-state index contributed by atoms with van der Waals surface area (Å²) in [5.74, 6) is 0.0926. The molecule has 2 aromatic rings. The van der Waals surface area contributed by atoms with Gasteiger partial charge in [0.2, 0.25) is 5.95 Å². The van der Waals surface area contributed by atoms with Gasteiger partial charge in [-0.05, 0) is 74.4 Å². The predicted molar refractivity (Wildman–Crippen MR) is 121 cm³/mol. The third kappa shape index (κ3) is 7.14. The van der Waals surface area contributed by atoms with E-state index in [4.69, 9.17) is 14.2 Å². The monoisotopic (exact) mass is 448 g/mol. The Bertz CT molecular complexity index is 980. The minimum atomic E-state index is -0.913. The van der Waals surface area contributed by atoms with E-state index in [1.807, 2.05) is 0 Å². The topological polar surface area (TPSA) is 123 Å². The fourth-order valence-corrected chi connectivity index (χ4v) is 2.54. The third-order valence-electron chi connectivity index (χ3n) is 3.50. The van der Waals surface area contributed by atoms with Crippen LogP contribution in [-0.4, -0.2) is 45.1 Å². The molecule has 0 saturated carbocycles. The van der Waals surface area contributed by atoms with Crippen molar-refractivity contribution in [2.45, 2.75) is 79.1 Å². The van der Waals surface area contributed by atoms with Gasteiger partial charge in [-0.15, -0.1) is 0 Å². The molecule has 0 bridgehead atoms. The largest absolute Gasteiger partial charge is 0.444 e. The van der Waals surface area contributed by atoms with Crippen molar-refractivity contribution in [2.24, 2.45) is 0 Å². The summed E-state index contributed by atoms with van der Waals surface area (Å²) in [5, 5.41) is 2.51. The van der Waals surface area contributed by atoms with Gasteiger partial charge in [0.25, 0.3) is 0 Å². The van der Waals surface area contributed by atoms with Crippen molar-refractivity contribution in [3.63, 3.8) is 0 Å². The molecule has 0 spiro atoms. The number of hydrogen-bond acceptors (Lipinski definition) is 7. The van der Waals surface area contributed by atoms with Crippen LogP contribution in [0, 0.1) is 0 Å². The molecule has 0 aliphatic heterocycles. The Morgan fingerprint density at radius 3 is 1.81 bits per heavy atom. The normalized spacial score (nSPS) is 12.3. The van der Waals surface area contributed by atoms with Crippen molar-refractivity contribution >= 4 is 40.9 Å². The van der Waals surface area contributed by atoms with Crippen molar-refractivity contribution in [3.05, 3.63) is 18.2 Å². The summed E-state index contributed by atoms with van der Waals surface area (Å²) >= 11 is 0. The zero-order chi connectivity index (χ0) is 24.5. The molecule has 1 aromatic heterocycles. The number of rotatable bonds is 2. The van der Waals surface area contributed by atoms with Gasteiger partial charge < -0.3 is 19.2 Å². The summed E-state index contributed by atoms with van der Waals surface area (Å²) in [5.41, 5.74) is -1.51. The lowest BCUT2D eigenvalue weighted by Crippen LogP contribution is -2.43. The number of carbonyl (C=O) groups excluding carboxylic acids is 3. The van der Waals surface area contributed by atoms with E-state index < -0.39 is 35.1 Å². The molecule has 32 heavy (non-hydrogen) atoms. The molecule has 0 unspecified atom stereocenters. The predicted octanol–water partition coefficient (Wildman–Crippen LogP) is 5.59. The second-order valence-electron chi connectivity index (χ2n) is 10.2. The average molecular weight is 449 g/mol. The first kappa shape index (κ1) is 25.0. The highest BCUT2D eigenvalue weighted by Gasteiger charge is 2.34. The lowest BCUT2D eigenvalue weighted by Gasteiger charge is -2.28. The lowest BCUT2D eigenvalue weighted by atomic mass is 10.2. The van der Waals surface area contributed by atoms with Gasteiger partial charge in [-0.3, -0.25) is 5.32 Å². The number of anilines is 2. The van der Waals surface area contributed by atoms with E-state index in [0.717, 1.165) is 4.90 Å². The van der Waals surface area contributed by atoms with Crippen LogP contribution in [-0.2, 0) is 14.2 Å². The van der Waals surface area contributed by atoms with Crippen LogP contribution in [0.15, 0.2) is 18.2 Å². The number of carbonyl (C=O) groups is 3. The van der Waals surface area contributed by atoms with Gasteiger partial charge in [-0.25, -0.2) is 19.4 Å². The Morgan fingerprint density at radius 1 is 0.844 bits per heavy atom. The van der Waals surface area contributed by atoms with Crippen molar-refractivity contribution < 1.29 is 28.6 Å². The number of hydrogen-bond donors (Lipinski definition) is 2. The molecule has 0 fully saturated rings. The maximum absolute atomic E-state index is 12.9. The number of imidazole rings is 1. The molecule has 0 aliphatic carbocycles. The summed E-state index contributed by atoms with van der Waals surface area (Å²) in [6.45, 7) is 15.4. The molecule has 0 radical (unpaired) electrons. The molecule has 0 atom stereocenters. The van der Waals surface area contributed by atoms with E-state index >= 15 is 0 Å². The molecule has 0 aliphatic rings. The van der Waals surface area contributed by atoms with E-state index in [-0.39, 0.29) is 17.2 Å². The van der Waals surface area contributed by atoms with Gasteiger partial charge in [-0.2, -0.15) is 4.90 Å². The zero-order valence-electron chi connectivity index (χ0n) is 20.1. The van der Waals surface area contributed by atoms with Gasteiger partial charge in [0.15, 0.2) is 0 Å². The number of fused-ring (bicyclic) bond motifs is 1. The van der Waals surface area contributed by atoms with Crippen LogP contribution in [0.3, 0.4) is 0 Å². The quantitative estimate of drug-likeness (QED) is 0.574. The summed E-state index contributed by atoms with van der Waals surface area (Å²) in [6.07, 6.45) is -2.53. The van der Waals surface area contributed by atoms with E-state index in [1.54, 1.807) is 74.4 Å². The number of amides is 3. The van der Waals surface area contributed by atoms with Crippen LogP contribution in [0.1, 0.15) is 62.3 Å². The fraction of sp³-hybridized carbons (Fsp3) is 0.545. The summed E-state index contributed by atoms with van der Waals surface area (Å²) in [6, 6.07) is 4.86. The van der Waals surface area contributed by atoms with Crippen LogP contribution in [0.25, 0.3) is 11.0 Å². The maximum atomic E-state index is 12.9. The number of nitrogens with one attached hydrogen (secondary N) is 2. The fourth-order valence-electron chi connectivity index (χ4n) is 2.54. The lowest BCUT2D eigenvalue weighted by molar-refractivity contribution is 0.0430. The molecule has 2 N–H and O–H groups in total. The van der Waals surface area contributed by atoms with E-state index in [2.05, 4.69) is 15.3 Å². The second kappa shape index (κ2) is 8.68. The van der Waals surface area contributed by atoms with Crippen molar-refractivity contribution in [3.8, 4) is 0 Å². The first-order chi connectivity index (χ1) is 14.5. The van der Waals surface area contributed by atoms with Gasteiger partial charge in [0.05, 0.1) is 11.2 Å². The molecule has 2 rings (SSSR count). The molecule has 0 saturated heterocycles. The molecule has 1 aromatic carbocycles. The summed E-state index contributed by atoms with van der Waals surface area (Å²) in [4.78, 5) is 46.0. The first-order valence-electron chi connectivity index (χ1n) is 10.2. The molecular formula is C22H32N4O6. The standard InChI is InChI=1S/C22H32N4O6/c1-20(2,3)30-17(27)25-16-23-13-11-10-12-14(15(13)24-16)26(18(28)31-21(4,5)6)19(29)32-22(7,8)9/h10-12H,1-9H3,(H2,23,24,25,27). The van der Waals surface area contributed by atoms with Gasteiger partial charge in [0, 0.05) is 0 Å². The highest BCUT2D eigenvalue weighted by molar-refractivity contribution is 6.14. The van der Waals surface area contributed by atoms with Gasteiger partial charge >= 0.3 is 18.3 Å². The number of aromatic amines is 1.